The molecule has 1 aromatic heterocycles. The van der Waals surface area contributed by atoms with Crippen LogP contribution in [0.2, 0.25) is 0 Å². The smallest absolute Gasteiger partial charge is 0.456 e. The fourth-order valence-corrected chi connectivity index (χ4v) is 3.98. The molecule has 5 aromatic rings. The van der Waals surface area contributed by atoms with Crippen molar-refractivity contribution in [2.75, 3.05) is 0 Å². The minimum Gasteiger partial charge on any atom is -0.456 e. The van der Waals surface area contributed by atoms with E-state index in [1.807, 2.05) is 36.4 Å². The summed E-state index contributed by atoms with van der Waals surface area (Å²) in [6, 6.07) is 18.0. The topological polar surface area (TPSA) is 94.1 Å². The maximum Gasteiger partial charge on any atom is 0.489 e. The van der Waals surface area contributed by atoms with E-state index in [1.165, 1.54) is 0 Å². The molecule has 0 aliphatic rings. The van der Waals surface area contributed by atoms with Crippen molar-refractivity contribution in [2.24, 2.45) is 0 Å². The summed E-state index contributed by atoms with van der Waals surface area (Å²) in [6.07, 6.45) is 0. The molecule has 5 rings (SSSR count). The summed E-state index contributed by atoms with van der Waals surface area (Å²) in [4.78, 5) is 0. The van der Waals surface area contributed by atoms with Gasteiger partial charge in [0.2, 0.25) is 0 Å². The first kappa shape index (κ1) is 16.4. The van der Waals surface area contributed by atoms with Gasteiger partial charge in [0.05, 0.1) is 0 Å². The second-order valence-corrected chi connectivity index (χ2v) is 6.61. The molecule has 0 atom stereocenters. The Bertz CT molecular complexity index is 1240. The molecule has 130 valence electrons. The van der Waals surface area contributed by atoms with E-state index in [9.17, 15) is 20.1 Å². The van der Waals surface area contributed by atoms with Crippen molar-refractivity contribution < 1.29 is 24.5 Å². The monoisotopic (exact) mass is 356 g/mol. The first-order valence-electron chi connectivity index (χ1n) is 8.58. The van der Waals surface area contributed by atoms with Crippen LogP contribution < -0.4 is 10.9 Å². The maximum absolute atomic E-state index is 9.75. The average molecular weight is 356 g/mol. The SMILES string of the molecule is OB(O)c1ccc2oc3ccc(B(O)O)c4cccc(c5cccc1c25)c34. The van der Waals surface area contributed by atoms with Crippen molar-refractivity contribution in [1.29, 1.82) is 0 Å². The Morgan fingerprint density at radius 3 is 1.33 bits per heavy atom. The summed E-state index contributed by atoms with van der Waals surface area (Å²) in [5.74, 6) is 0. The van der Waals surface area contributed by atoms with Gasteiger partial charge in [-0.2, -0.15) is 0 Å². The van der Waals surface area contributed by atoms with Crippen LogP contribution in [0.1, 0.15) is 0 Å². The molecule has 0 fully saturated rings. The first-order chi connectivity index (χ1) is 13.1. The molecular formula is C20H14B2O5. The summed E-state index contributed by atoms with van der Waals surface area (Å²) in [6.45, 7) is 0. The van der Waals surface area contributed by atoms with Crippen LogP contribution in [-0.4, -0.2) is 34.3 Å². The molecule has 0 aliphatic carbocycles. The van der Waals surface area contributed by atoms with Crippen molar-refractivity contribution in [3.8, 4) is 0 Å². The molecular weight excluding hydrogens is 342 g/mol. The summed E-state index contributed by atoms with van der Waals surface area (Å²) in [7, 11) is -3.18. The normalized spacial score (nSPS) is 11.7. The minimum atomic E-state index is -1.59. The van der Waals surface area contributed by atoms with Gasteiger partial charge in [0.1, 0.15) is 11.2 Å². The molecule has 4 aromatic carbocycles. The summed E-state index contributed by atoms with van der Waals surface area (Å²) >= 11 is 0. The number of hydrogen-bond donors (Lipinski definition) is 4. The van der Waals surface area contributed by atoms with Crippen LogP contribution >= 0.6 is 0 Å². The van der Waals surface area contributed by atoms with E-state index < -0.39 is 14.2 Å². The summed E-state index contributed by atoms with van der Waals surface area (Å²) in [5.41, 5.74) is 2.03. The van der Waals surface area contributed by atoms with Crippen LogP contribution in [0.25, 0.3) is 43.5 Å². The third kappa shape index (κ3) is 2.30. The Hall–Kier alpha value is -2.83. The molecule has 27 heavy (non-hydrogen) atoms. The Morgan fingerprint density at radius 1 is 0.519 bits per heavy atom. The second-order valence-electron chi connectivity index (χ2n) is 6.61. The predicted molar refractivity (Wildman–Crippen MR) is 108 cm³/mol. The number of hydrogen-bond acceptors (Lipinski definition) is 5. The minimum absolute atomic E-state index is 0.406. The van der Waals surface area contributed by atoms with Gasteiger partial charge in [-0.05, 0) is 44.6 Å². The molecule has 0 aliphatic heterocycles. The van der Waals surface area contributed by atoms with Crippen LogP contribution in [0.3, 0.4) is 0 Å². The lowest BCUT2D eigenvalue weighted by Crippen LogP contribution is -2.30. The van der Waals surface area contributed by atoms with Crippen molar-refractivity contribution in [2.45, 2.75) is 0 Å². The molecule has 0 unspecified atom stereocenters. The lowest BCUT2D eigenvalue weighted by Gasteiger charge is -2.08. The highest BCUT2D eigenvalue weighted by Gasteiger charge is 2.20. The van der Waals surface area contributed by atoms with E-state index in [1.54, 1.807) is 24.3 Å². The highest BCUT2D eigenvalue weighted by atomic mass is 16.4. The van der Waals surface area contributed by atoms with Crippen molar-refractivity contribution in [1.82, 2.24) is 0 Å². The molecule has 0 spiro atoms. The van der Waals surface area contributed by atoms with Crippen LogP contribution in [-0.2, 0) is 0 Å². The van der Waals surface area contributed by atoms with Gasteiger partial charge in [0.25, 0.3) is 0 Å². The lowest BCUT2D eigenvalue weighted by atomic mass is 9.76. The molecule has 4 N–H and O–H groups in total. The average Bonchev–Trinajstić information content (AvgIpc) is 2.80. The lowest BCUT2D eigenvalue weighted by molar-refractivity contribution is 0.425. The third-order valence-corrected chi connectivity index (χ3v) is 5.14. The zero-order chi connectivity index (χ0) is 18.7. The van der Waals surface area contributed by atoms with Crippen LogP contribution in [0.4, 0.5) is 0 Å². The molecule has 0 saturated heterocycles. The largest absolute Gasteiger partial charge is 0.489 e. The second kappa shape index (κ2) is 5.84. The Kier molecular flexibility index (Phi) is 3.53. The molecule has 0 amide bonds. The van der Waals surface area contributed by atoms with Crippen molar-refractivity contribution in [3.05, 3.63) is 60.7 Å². The van der Waals surface area contributed by atoms with Gasteiger partial charge in [-0.3, -0.25) is 0 Å². The van der Waals surface area contributed by atoms with E-state index >= 15 is 0 Å². The number of fused-ring (bicyclic) bond motifs is 1. The third-order valence-electron chi connectivity index (χ3n) is 5.14. The zero-order valence-corrected chi connectivity index (χ0v) is 14.1. The van der Waals surface area contributed by atoms with Gasteiger partial charge < -0.3 is 24.5 Å². The Balaban J connectivity index is 2.12. The van der Waals surface area contributed by atoms with E-state index in [4.69, 9.17) is 4.42 Å². The maximum atomic E-state index is 9.75. The quantitative estimate of drug-likeness (QED) is 0.357. The van der Waals surface area contributed by atoms with E-state index in [0.29, 0.717) is 32.9 Å². The Morgan fingerprint density at radius 2 is 0.926 bits per heavy atom. The molecule has 0 radical (unpaired) electrons. The van der Waals surface area contributed by atoms with Crippen LogP contribution in [0.15, 0.2) is 65.1 Å². The highest BCUT2D eigenvalue weighted by Crippen LogP contribution is 2.35. The predicted octanol–water partition coefficient (Wildman–Crippen LogP) is 1.25. The van der Waals surface area contributed by atoms with Crippen LogP contribution in [0, 0.1) is 0 Å². The van der Waals surface area contributed by atoms with Crippen molar-refractivity contribution in [3.63, 3.8) is 0 Å². The highest BCUT2D eigenvalue weighted by molar-refractivity contribution is 6.63. The van der Waals surface area contributed by atoms with Gasteiger partial charge >= 0.3 is 14.2 Å². The standard InChI is InChI=1S/C20H14B2O5/c23-21(24)15-7-9-17-19-11(3-1-5-13(15)19)12-4-2-6-14-16(22(25)26)8-10-18(27-17)20(12)14/h1-10,23-26H. The van der Waals surface area contributed by atoms with E-state index in [-0.39, 0.29) is 0 Å². The van der Waals surface area contributed by atoms with Crippen LogP contribution in [0.5, 0.6) is 0 Å². The molecule has 0 saturated carbocycles. The molecule has 5 nitrogen and oxygen atoms in total. The van der Waals surface area contributed by atoms with Gasteiger partial charge in [-0.25, -0.2) is 0 Å². The Labute approximate surface area is 154 Å². The molecule has 7 heteroatoms. The fraction of sp³-hybridized carbons (Fsp3) is 0. The number of benzene rings is 4. The summed E-state index contributed by atoms with van der Waals surface area (Å²) < 4.78 is 6.19. The van der Waals surface area contributed by atoms with Gasteiger partial charge in [0, 0.05) is 10.8 Å². The summed E-state index contributed by atoms with van der Waals surface area (Å²) in [5, 5.41) is 43.7. The fourth-order valence-electron chi connectivity index (χ4n) is 3.98. The number of rotatable bonds is 2. The first-order valence-corrected chi connectivity index (χ1v) is 8.58. The van der Waals surface area contributed by atoms with Gasteiger partial charge in [-0.1, -0.05) is 48.5 Å². The molecule has 0 bridgehead atoms. The van der Waals surface area contributed by atoms with E-state index in [2.05, 4.69) is 0 Å². The zero-order valence-electron chi connectivity index (χ0n) is 14.1. The molecule has 1 heterocycles. The van der Waals surface area contributed by atoms with Crippen molar-refractivity contribution >= 4 is 68.6 Å². The van der Waals surface area contributed by atoms with E-state index in [0.717, 1.165) is 21.5 Å². The van der Waals surface area contributed by atoms with Gasteiger partial charge in [0.15, 0.2) is 0 Å². The van der Waals surface area contributed by atoms with Gasteiger partial charge in [-0.15, -0.1) is 0 Å².